The highest BCUT2D eigenvalue weighted by atomic mass is 35.5. The largest absolute Gasteiger partial charge is 0.308 e. The van der Waals surface area contributed by atoms with Crippen molar-refractivity contribution in [1.29, 1.82) is 0 Å². The van der Waals surface area contributed by atoms with Gasteiger partial charge in [-0.15, -0.1) is 0 Å². The third kappa shape index (κ3) is 3.02. The molecule has 0 saturated carbocycles. The Morgan fingerprint density at radius 3 is 1.83 bits per heavy atom. The van der Waals surface area contributed by atoms with E-state index in [1.807, 2.05) is 30.3 Å². The van der Waals surface area contributed by atoms with Crippen LogP contribution in [-0.4, -0.2) is 14.1 Å². The first-order valence-corrected chi connectivity index (χ1v) is 12.0. The molecule has 0 bridgehead atoms. The molecule has 5 aromatic carbocycles. The van der Waals surface area contributed by atoms with Crippen molar-refractivity contribution in [2.24, 2.45) is 0 Å². The van der Waals surface area contributed by atoms with Crippen LogP contribution in [0.3, 0.4) is 0 Å². The maximum Gasteiger partial charge on any atom is 0.145 e. The minimum atomic E-state index is 0.698. The molecular weight excluding hydrogens is 450 g/mol. The van der Waals surface area contributed by atoms with Crippen LogP contribution in [0.5, 0.6) is 0 Å². The van der Waals surface area contributed by atoms with Gasteiger partial charge in [0.25, 0.3) is 0 Å². The molecule has 0 unspecified atom stereocenters. The highest BCUT2D eigenvalue weighted by molar-refractivity contribution is 6.39. The first-order chi connectivity index (χ1) is 17.3. The summed E-state index contributed by atoms with van der Waals surface area (Å²) in [5.74, 6) is 0.895. The van der Waals surface area contributed by atoms with Crippen molar-refractivity contribution >= 4 is 44.4 Å². The normalized spacial score (nSPS) is 11.6. The number of imidazole rings is 1. The number of halogens is 1. The standard InChI is InChI=1S/C31H20ClN3/c32-25-20-27-29(33-31(21-12-4-1-5-13-21)35(27)23-16-8-3-9-17-23)28-24-18-10-11-19-26(24)34(30(25)28)22-14-6-2-7-15-22/h1-20H. The quantitative estimate of drug-likeness (QED) is 0.254. The van der Waals surface area contributed by atoms with E-state index in [-0.39, 0.29) is 0 Å². The zero-order valence-corrected chi connectivity index (χ0v) is 19.5. The third-order valence-corrected chi connectivity index (χ3v) is 6.86. The Kier molecular flexibility index (Phi) is 4.51. The molecule has 0 N–H and O–H groups in total. The molecule has 0 saturated heterocycles. The fourth-order valence-corrected chi connectivity index (χ4v) is 5.39. The molecule has 7 aromatic rings. The van der Waals surface area contributed by atoms with Crippen LogP contribution in [0.2, 0.25) is 5.02 Å². The second kappa shape index (κ2) is 7.86. The third-order valence-electron chi connectivity index (χ3n) is 6.57. The van der Waals surface area contributed by atoms with Gasteiger partial charge in [0, 0.05) is 27.7 Å². The predicted molar refractivity (Wildman–Crippen MR) is 146 cm³/mol. The highest BCUT2D eigenvalue weighted by Gasteiger charge is 2.23. The zero-order valence-electron chi connectivity index (χ0n) is 18.8. The molecule has 0 fully saturated rings. The van der Waals surface area contributed by atoms with Crippen molar-refractivity contribution in [1.82, 2.24) is 14.1 Å². The van der Waals surface area contributed by atoms with E-state index in [1.165, 1.54) is 0 Å². The van der Waals surface area contributed by atoms with Gasteiger partial charge < -0.3 is 4.57 Å². The van der Waals surface area contributed by atoms with Crippen LogP contribution in [0.15, 0.2) is 121 Å². The fourth-order valence-electron chi connectivity index (χ4n) is 5.11. The smallest absolute Gasteiger partial charge is 0.145 e. The molecule has 35 heavy (non-hydrogen) atoms. The molecule has 0 radical (unpaired) electrons. The molecule has 0 aliphatic carbocycles. The maximum absolute atomic E-state index is 7.12. The lowest BCUT2D eigenvalue weighted by molar-refractivity contribution is 1.10. The maximum atomic E-state index is 7.12. The molecule has 4 heteroatoms. The van der Waals surface area contributed by atoms with E-state index < -0.39 is 0 Å². The number of rotatable bonds is 3. The van der Waals surface area contributed by atoms with Crippen LogP contribution in [-0.2, 0) is 0 Å². The van der Waals surface area contributed by atoms with Gasteiger partial charge in [0.05, 0.1) is 27.1 Å². The average molecular weight is 470 g/mol. The Labute approximate surface area is 207 Å². The molecule has 0 amide bonds. The number of nitrogens with zero attached hydrogens (tertiary/aromatic N) is 3. The minimum Gasteiger partial charge on any atom is -0.308 e. The number of aromatic nitrogens is 3. The van der Waals surface area contributed by atoms with Gasteiger partial charge in [0.2, 0.25) is 0 Å². The fraction of sp³-hybridized carbons (Fsp3) is 0. The highest BCUT2D eigenvalue weighted by Crippen LogP contribution is 2.42. The van der Waals surface area contributed by atoms with E-state index in [0.717, 1.165) is 55.6 Å². The van der Waals surface area contributed by atoms with Gasteiger partial charge in [-0.05, 0) is 36.4 Å². The number of para-hydroxylation sites is 3. The van der Waals surface area contributed by atoms with Crippen molar-refractivity contribution in [3.63, 3.8) is 0 Å². The van der Waals surface area contributed by atoms with Crippen molar-refractivity contribution in [3.8, 4) is 22.8 Å². The van der Waals surface area contributed by atoms with Gasteiger partial charge in [0.1, 0.15) is 5.82 Å². The van der Waals surface area contributed by atoms with Crippen LogP contribution >= 0.6 is 11.6 Å². The molecule has 2 heterocycles. The summed E-state index contributed by atoms with van der Waals surface area (Å²) in [5.41, 5.74) is 7.20. The average Bonchev–Trinajstić information content (AvgIpc) is 3.47. The number of fused-ring (bicyclic) bond motifs is 5. The summed E-state index contributed by atoms with van der Waals surface area (Å²) < 4.78 is 4.46. The minimum absolute atomic E-state index is 0.698. The second-order valence-electron chi connectivity index (χ2n) is 8.61. The topological polar surface area (TPSA) is 22.8 Å². The van der Waals surface area contributed by atoms with Gasteiger partial charge in [0.15, 0.2) is 0 Å². The lowest BCUT2D eigenvalue weighted by Gasteiger charge is -2.11. The molecule has 7 rings (SSSR count). The van der Waals surface area contributed by atoms with E-state index in [4.69, 9.17) is 16.6 Å². The lowest BCUT2D eigenvalue weighted by atomic mass is 10.1. The van der Waals surface area contributed by atoms with Crippen LogP contribution in [0, 0.1) is 0 Å². The molecule has 3 nitrogen and oxygen atoms in total. The van der Waals surface area contributed by atoms with E-state index in [2.05, 4.69) is 100 Å². The van der Waals surface area contributed by atoms with Crippen molar-refractivity contribution in [2.75, 3.05) is 0 Å². The van der Waals surface area contributed by atoms with Gasteiger partial charge >= 0.3 is 0 Å². The van der Waals surface area contributed by atoms with Crippen LogP contribution in [0.25, 0.3) is 55.6 Å². The molecule has 0 spiro atoms. The van der Waals surface area contributed by atoms with Crippen molar-refractivity contribution in [2.45, 2.75) is 0 Å². The summed E-state index contributed by atoms with van der Waals surface area (Å²) in [6.07, 6.45) is 0. The van der Waals surface area contributed by atoms with Gasteiger partial charge in [-0.25, -0.2) is 4.98 Å². The van der Waals surface area contributed by atoms with Crippen LogP contribution < -0.4 is 0 Å². The lowest BCUT2D eigenvalue weighted by Crippen LogP contribution is -1.97. The number of hydrogen-bond donors (Lipinski definition) is 0. The Hall–Kier alpha value is -4.34. The molecular formula is C31H20ClN3. The molecule has 0 aliphatic heterocycles. The summed E-state index contributed by atoms with van der Waals surface area (Å²) in [6.45, 7) is 0. The zero-order chi connectivity index (χ0) is 23.4. The monoisotopic (exact) mass is 469 g/mol. The van der Waals surface area contributed by atoms with Crippen LogP contribution in [0.1, 0.15) is 0 Å². The summed E-state index contributed by atoms with van der Waals surface area (Å²) in [7, 11) is 0. The molecule has 0 aliphatic rings. The number of hydrogen-bond acceptors (Lipinski definition) is 1. The Morgan fingerprint density at radius 2 is 1.14 bits per heavy atom. The summed E-state index contributed by atoms with van der Waals surface area (Å²) in [4.78, 5) is 5.28. The van der Waals surface area contributed by atoms with Gasteiger partial charge in [-0.1, -0.05) is 96.5 Å². The second-order valence-corrected chi connectivity index (χ2v) is 9.02. The van der Waals surface area contributed by atoms with E-state index in [1.54, 1.807) is 0 Å². The molecule has 0 atom stereocenters. The summed E-state index contributed by atoms with van der Waals surface area (Å²) in [5, 5.41) is 2.90. The first kappa shape index (κ1) is 20.1. The Bertz CT molecular complexity index is 1830. The SMILES string of the molecule is Clc1cc2c(nc(-c3ccccc3)n2-c2ccccc2)c2c3ccccc3n(-c3ccccc3)c12. The first-order valence-electron chi connectivity index (χ1n) is 11.6. The summed E-state index contributed by atoms with van der Waals surface area (Å²) in [6, 6.07) is 41.6. The molecule has 2 aromatic heterocycles. The molecule has 166 valence electrons. The van der Waals surface area contributed by atoms with E-state index >= 15 is 0 Å². The van der Waals surface area contributed by atoms with E-state index in [0.29, 0.717) is 5.02 Å². The van der Waals surface area contributed by atoms with Crippen molar-refractivity contribution < 1.29 is 0 Å². The number of benzene rings is 5. The Balaban J connectivity index is 1.69. The van der Waals surface area contributed by atoms with E-state index in [9.17, 15) is 0 Å². The van der Waals surface area contributed by atoms with Crippen LogP contribution in [0.4, 0.5) is 0 Å². The Morgan fingerprint density at radius 1 is 0.571 bits per heavy atom. The van der Waals surface area contributed by atoms with Crippen molar-refractivity contribution in [3.05, 3.63) is 126 Å². The summed E-state index contributed by atoms with van der Waals surface area (Å²) >= 11 is 7.12. The van der Waals surface area contributed by atoms with Gasteiger partial charge in [-0.2, -0.15) is 0 Å². The van der Waals surface area contributed by atoms with Gasteiger partial charge in [-0.3, -0.25) is 4.57 Å². The predicted octanol–water partition coefficient (Wildman–Crippen LogP) is 8.44.